The van der Waals surface area contributed by atoms with Crippen molar-refractivity contribution in [3.63, 3.8) is 0 Å². The van der Waals surface area contributed by atoms with Gasteiger partial charge in [0.15, 0.2) is 11.5 Å². The molecular formula is C30H37ClN2O6. The van der Waals surface area contributed by atoms with Gasteiger partial charge in [0.1, 0.15) is 5.76 Å². The monoisotopic (exact) mass is 556 g/mol. The fraction of sp³-hybridized carbons (Fsp3) is 0.467. The minimum Gasteiger partial charge on any atom is -0.507 e. The summed E-state index contributed by atoms with van der Waals surface area (Å²) in [6, 6.07) is 11.2. The molecule has 2 aliphatic rings. The van der Waals surface area contributed by atoms with E-state index < -0.39 is 17.7 Å². The molecule has 1 amide bonds. The van der Waals surface area contributed by atoms with Crippen molar-refractivity contribution in [2.75, 3.05) is 53.1 Å². The van der Waals surface area contributed by atoms with E-state index in [-0.39, 0.29) is 11.3 Å². The number of hydrogen-bond donors (Lipinski definition) is 1. The second kappa shape index (κ2) is 13.3. The van der Waals surface area contributed by atoms with Crippen molar-refractivity contribution in [3.05, 3.63) is 64.2 Å². The maximum Gasteiger partial charge on any atom is 0.295 e. The van der Waals surface area contributed by atoms with Crippen LogP contribution in [0.25, 0.3) is 5.76 Å². The summed E-state index contributed by atoms with van der Waals surface area (Å²) < 4.78 is 17.0. The van der Waals surface area contributed by atoms with Crippen molar-refractivity contribution >= 4 is 29.1 Å². The van der Waals surface area contributed by atoms with Crippen LogP contribution < -0.4 is 9.47 Å². The number of benzene rings is 2. The first-order valence-electron chi connectivity index (χ1n) is 13.4. The molecule has 1 atom stereocenters. The number of methoxy groups -OCH3 is 1. The molecule has 0 bridgehead atoms. The molecule has 210 valence electrons. The van der Waals surface area contributed by atoms with Crippen LogP contribution in [-0.4, -0.2) is 79.7 Å². The Balaban J connectivity index is 1.68. The normalized spacial score (nSPS) is 19.6. The predicted octanol–water partition coefficient (Wildman–Crippen LogP) is 4.92. The lowest BCUT2D eigenvalue weighted by molar-refractivity contribution is -0.140. The highest BCUT2D eigenvalue weighted by Gasteiger charge is 2.46. The molecule has 2 aliphatic heterocycles. The summed E-state index contributed by atoms with van der Waals surface area (Å²) in [4.78, 5) is 30.5. The number of aliphatic hydroxyl groups is 1. The van der Waals surface area contributed by atoms with Crippen molar-refractivity contribution in [3.8, 4) is 11.5 Å². The second-order valence-corrected chi connectivity index (χ2v) is 10.7. The zero-order chi connectivity index (χ0) is 27.9. The third-order valence-corrected chi connectivity index (χ3v) is 7.34. The quantitative estimate of drug-likeness (QED) is 0.239. The van der Waals surface area contributed by atoms with Crippen molar-refractivity contribution in [1.29, 1.82) is 0 Å². The third-order valence-electron chi connectivity index (χ3n) is 7.09. The first-order chi connectivity index (χ1) is 18.8. The van der Waals surface area contributed by atoms with E-state index in [0.717, 1.165) is 26.1 Å². The Hall–Kier alpha value is -3.07. The minimum absolute atomic E-state index is 0.0456. The SMILES string of the molecule is COc1cc([C@H]2C(=C(O)c3ccc(Cl)cc3)C(=O)C(=O)N2CCCN2CCOCC2)ccc1OCCC(C)C. The smallest absolute Gasteiger partial charge is 0.295 e. The summed E-state index contributed by atoms with van der Waals surface area (Å²) in [5.41, 5.74) is 1.12. The number of ketones is 1. The van der Waals surface area contributed by atoms with Crippen LogP contribution in [0.1, 0.15) is 43.9 Å². The van der Waals surface area contributed by atoms with Crippen LogP contribution in [-0.2, 0) is 14.3 Å². The molecule has 0 unspecified atom stereocenters. The summed E-state index contributed by atoms with van der Waals surface area (Å²) in [5, 5.41) is 11.8. The van der Waals surface area contributed by atoms with E-state index in [1.54, 1.807) is 48.4 Å². The van der Waals surface area contributed by atoms with Crippen LogP contribution in [0.15, 0.2) is 48.0 Å². The number of morpholine rings is 1. The van der Waals surface area contributed by atoms with Crippen molar-refractivity contribution < 1.29 is 28.9 Å². The van der Waals surface area contributed by atoms with Crippen molar-refractivity contribution in [2.24, 2.45) is 5.92 Å². The van der Waals surface area contributed by atoms with E-state index in [1.807, 2.05) is 6.07 Å². The zero-order valence-electron chi connectivity index (χ0n) is 22.8. The van der Waals surface area contributed by atoms with Gasteiger partial charge in [-0.25, -0.2) is 0 Å². The number of ether oxygens (including phenoxy) is 3. The van der Waals surface area contributed by atoms with Gasteiger partial charge in [-0.2, -0.15) is 0 Å². The Morgan fingerprint density at radius 1 is 1.08 bits per heavy atom. The van der Waals surface area contributed by atoms with Crippen LogP contribution in [0.4, 0.5) is 0 Å². The molecule has 1 N–H and O–H groups in total. The van der Waals surface area contributed by atoms with Gasteiger partial charge < -0.3 is 24.2 Å². The molecule has 0 saturated carbocycles. The summed E-state index contributed by atoms with van der Waals surface area (Å²) in [7, 11) is 1.56. The Labute approximate surface area is 235 Å². The molecule has 39 heavy (non-hydrogen) atoms. The fourth-order valence-corrected chi connectivity index (χ4v) is 5.01. The average molecular weight is 557 g/mol. The van der Waals surface area contributed by atoms with E-state index in [2.05, 4.69) is 18.7 Å². The Morgan fingerprint density at radius 2 is 1.79 bits per heavy atom. The van der Waals surface area contributed by atoms with Gasteiger partial charge in [0, 0.05) is 36.8 Å². The first kappa shape index (κ1) is 28.9. The van der Waals surface area contributed by atoms with Gasteiger partial charge in [0.2, 0.25) is 0 Å². The molecule has 0 aliphatic carbocycles. The molecule has 4 rings (SSSR count). The average Bonchev–Trinajstić information content (AvgIpc) is 3.18. The lowest BCUT2D eigenvalue weighted by Gasteiger charge is -2.29. The number of halogens is 1. The molecule has 8 nitrogen and oxygen atoms in total. The van der Waals surface area contributed by atoms with Gasteiger partial charge in [-0.15, -0.1) is 0 Å². The number of likely N-dealkylation sites (tertiary alicyclic amines) is 1. The Bertz CT molecular complexity index is 1190. The van der Waals surface area contributed by atoms with E-state index >= 15 is 0 Å². The summed E-state index contributed by atoms with van der Waals surface area (Å²) in [6.45, 7) is 9.01. The molecule has 9 heteroatoms. The molecule has 0 spiro atoms. The van der Waals surface area contributed by atoms with Crippen LogP contribution in [0.2, 0.25) is 5.02 Å². The number of hydrogen-bond acceptors (Lipinski definition) is 7. The third kappa shape index (κ3) is 6.93. The van der Waals surface area contributed by atoms with Crippen LogP contribution in [0.5, 0.6) is 11.5 Å². The topological polar surface area (TPSA) is 88.5 Å². The van der Waals surface area contributed by atoms with Crippen LogP contribution >= 0.6 is 11.6 Å². The highest BCUT2D eigenvalue weighted by Crippen LogP contribution is 2.42. The van der Waals surface area contributed by atoms with Gasteiger partial charge >= 0.3 is 0 Å². The molecule has 0 radical (unpaired) electrons. The summed E-state index contributed by atoms with van der Waals surface area (Å²) >= 11 is 6.03. The lowest BCUT2D eigenvalue weighted by atomic mass is 9.95. The Kier molecular flexibility index (Phi) is 9.88. The highest BCUT2D eigenvalue weighted by molar-refractivity contribution is 6.46. The predicted molar refractivity (Wildman–Crippen MR) is 150 cm³/mol. The largest absolute Gasteiger partial charge is 0.507 e. The number of aliphatic hydroxyl groups excluding tert-OH is 1. The van der Waals surface area contributed by atoms with E-state index in [9.17, 15) is 14.7 Å². The van der Waals surface area contributed by atoms with Crippen molar-refractivity contribution in [2.45, 2.75) is 32.7 Å². The summed E-state index contributed by atoms with van der Waals surface area (Å²) in [5.74, 6) is 0.0107. The van der Waals surface area contributed by atoms with Crippen LogP contribution in [0.3, 0.4) is 0 Å². The van der Waals surface area contributed by atoms with Gasteiger partial charge in [0.05, 0.1) is 38.5 Å². The van der Waals surface area contributed by atoms with E-state index in [0.29, 0.717) is 66.4 Å². The van der Waals surface area contributed by atoms with Gasteiger partial charge in [-0.1, -0.05) is 31.5 Å². The molecule has 2 saturated heterocycles. The standard InChI is InChI=1S/C30H37ClN2O6/c1-20(2)11-16-39-24-10-7-22(19-25(24)37-3)27-26(28(34)21-5-8-23(31)9-6-21)29(35)30(36)33(27)13-4-12-32-14-17-38-18-15-32/h5-10,19-20,27,34H,4,11-18H2,1-3H3/t27-/m0/s1. The lowest BCUT2D eigenvalue weighted by Crippen LogP contribution is -2.39. The number of rotatable bonds is 11. The number of Topliss-reactive ketones (excluding diaryl/α,β-unsaturated/α-hetero) is 1. The highest BCUT2D eigenvalue weighted by atomic mass is 35.5. The molecular weight excluding hydrogens is 520 g/mol. The van der Waals surface area contributed by atoms with E-state index in [4.69, 9.17) is 25.8 Å². The maximum absolute atomic E-state index is 13.4. The first-order valence-corrected chi connectivity index (χ1v) is 13.8. The zero-order valence-corrected chi connectivity index (χ0v) is 23.6. The second-order valence-electron chi connectivity index (χ2n) is 10.2. The molecule has 2 aromatic rings. The number of nitrogens with zero attached hydrogens (tertiary/aromatic N) is 2. The van der Waals surface area contributed by atoms with Gasteiger partial charge in [0.25, 0.3) is 11.7 Å². The molecule has 2 heterocycles. The summed E-state index contributed by atoms with van der Waals surface area (Å²) in [6.07, 6.45) is 1.58. The fourth-order valence-electron chi connectivity index (χ4n) is 4.89. The minimum atomic E-state index is -0.774. The molecule has 2 aromatic carbocycles. The Morgan fingerprint density at radius 3 is 2.46 bits per heavy atom. The van der Waals surface area contributed by atoms with Crippen molar-refractivity contribution in [1.82, 2.24) is 9.80 Å². The maximum atomic E-state index is 13.4. The van der Waals surface area contributed by atoms with Crippen LogP contribution in [0, 0.1) is 5.92 Å². The molecule has 0 aromatic heterocycles. The van der Waals surface area contributed by atoms with Gasteiger partial charge in [-0.3, -0.25) is 14.5 Å². The number of amides is 1. The number of carbonyl (C=O) groups excluding carboxylic acids is 2. The number of carbonyl (C=O) groups is 2. The van der Waals surface area contributed by atoms with E-state index in [1.165, 1.54) is 0 Å². The molecule has 2 fully saturated rings. The van der Waals surface area contributed by atoms with Gasteiger partial charge in [-0.05, 0) is 60.7 Å².